The normalized spacial score (nSPS) is 15.6. The average Bonchev–Trinajstić information content (AvgIpc) is 2.66. The minimum Gasteiger partial charge on any atom is -0.485 e. The van der Waals surface area contributed by atoms with Gasteiger partial charge in [-0.25, -0.2) is 4.79 Å². The number of rotatable bonds is 5. The Bertz CT molecular complexity index is 893. The smallest absolute Gasteiger partial charge is 0.412 e. The lowest BCUT2D eigenvalue weighted by Gasteiger charge is -2.36. The van der Waals surface area contributed by atoms with Gasteiger partial charge in [-0.1, -0.05) is 30.3 Å². The standard InChI is InChI=1S/C23H29N3O4/c1-16(27)24-13-19-15-26(14-17-8-6-5-7-9-17)20-12-18(10-11-21(20)29-19)25-22(28)30-23(2,3)4/h5-12,19H,13-15H2,1-4H3,(H,24,27)(H,25,28)/t19-/m0/s1. The summed E-state index contributed by atoms with van der Waals surface area (Å²) < 4.78 is 11.4. The number of amides is 2. The van der Waals surface area contributed by atoms with Crippen molar-refractivity contribution in [2.75, 3.05) is 23.3 Å². The van der Waals surface area contributed by atoms with Gasteiger partial charge < -0.3 is 19.7 Å². The van der Waals surface area contributed by atoms with Crippen molar-refractivity contribution in [3.63, 3.8) is 0 Å². The van der Waals surface area contributed by atoms with Crippen LogP contribution in [0.2, 0.25) is 0 Å². The van der Waals surface area contributed by atoms with E-state index in [1.54, 1.807) is 6.07 Å². The maximum atomic E-state index is 12.2. The monoisotopic (exact) mass is 411 g/mol. The number of anilines is 2. The molecule has 1 aliphatic heterocycles. The van der Waals surface area contributed by atoms with E-state index in [2.05, 4.69) is 27.7 Å². The molecule has 1 atom stereocenters. The van der Waals surface area contributed by atoms with Crippen LogP contribution in [0.15, 0.2) is 48.5 Å². The maximum Gasteiger partial charge on any atom is 0.412 e. The Morgan fingerprint density at radius 3 is 2.57 bits per heavy atom. The predicted molar refractivity (Wildman–Crippen MR) is 117 cm³/mol. The minimum absolute atomic E-state index is 0.0871. The average molecular weight is 412 g/mol. The molecule has 7 nitrogen and oxygen atoms in total. The number of nitrogens with zero attached hydrogens (tertiary/aromatic N) is 1. The van der Waals surface area contributed by atoms with E-state index in [0.717, 1.165) is 11.3 Å². The van der Waals surface area contributed by atoms with E-state index < -0.39 is 11.7 Å². The number of benzene rings is 2. The molecular formula is C23H29N3O4. The molecule has 0 saturated carbocycles. The Labute approximate surface area is 177 Å². The van der Waals surface area contributed by atoms with Crippen LogP contribution in [0, 0.1) is 0 Å². The highest BCUT2D eigenvalue weighted by molar-refractivity contribution is 5.86. The zero-order valence-corrected chi connectivity index (χ0v) is 17.9. The third kappa shape index (κ3) is 6.14. The summed E-state index contributed by atoms with van der Waals surface area (Å²) in [5, 5.41) is 5.61. The molecule has 2 aromatic carbocycles. The third-order valence-corrected chi connectivity index (χ3v) is 4.46. The molecule has 1 aliphatic rings. The van der Waals surface area contributed by atoms with E-state index >= 15 is 0 Å². The molecule has 0 spiro atoms. The Kier molecular flexibility index (Phi) is 6.50. The summed E-state index contributed by atoms with van der Waals surface area (Å²) >= 11 is 0. The predicted octanol–water partition coefficient (Wildman–Crippen LogP) is 3.94. The highest BCUT2D eigenvalue weighted by Crippen LogP contribution is 2.36. The third-order valence-electron chi connectivity index (χ3n) is 4.46. The van der Waals surface area contributed by atoms with E-state index in [0.29, 0.717) is 31.1 Å². The van der Waals surface area contributed by atoms with Gasteiger partial charge in [0.15, 0.2) is 0 Å². The number of carbonyl (C=O) groups excluding carboxylic acids is 2. The number of hydrogen-bond acceptors (Lipinski definition) is 5. The van der Waals surface area contributed by atoms with Gasteiger partial charge in [-0.2, -0.15) is 0 Å². The van der Waals surface area contributed by atoms with E-state index in [9.17, 15) is 9.59 Å². The van der Waals surface area contributed by atoms with Crippen molar-refractivity contribution < 1.29 is 19.1 Å². The minimum atomic E-state index is -0.572. The number of fused-ring (bicyclic) bond motifs is 1. The van der Waals surface area contributed by atoms with Crippen molar-refractivity contribution in [2.45, 2.75) is 45.9 Å². The fourth-order valence-electron chi connectivity index (χ4n) is 3.24. The van der Waals surface area contributed by atoms with Crippen molar-refractivity contribution in [3.05, 3.63) is 54.1 Å². The largest absolute Gasteiger partial charge is 0.485 e. The Morgan fingerprint density at radius 1 is 1.17 bits per heavy atom. The van der Waals surface area contributed by atoms with Gasteiger partial charge in [-0.15, -0.1) is 0 Å². The van der Waals surface area contributed by atoms with Crippen LogP contribution in [0.1, 0.15) is 33.3 Å². The molecule has 160 valence electrons. The summed E-state index contributed by atoms with van der Waals surface area (Å²) in [6, 6.07) is 15.6. The lowest BCUT2D eigenvalue weighted by molar-refractivity contribution is -0.119. The van der Waals surface area contributed by atoms with E-state index in [1.165, 1.54) is 6.92 Å². The van der Waals surface area contributed by atoms with Crippen LogP contribution in [0.3, 0.4) is 0 Å². The number of nitrogens with one attached hydrogen (secondary N) is 2. The first kappa shape index (κ1) is 21.5. The zero-order valence-electron chi connectivity index (χ0n) is 17.9. The van der Waals surface area contributed by atoms with E-state index in [1.807, 2.05) is 51.1 Å². The van der Waals surface area contributed by atoms with Crippen LogP contribution in [-0.2, 0) is 16.1 Å². The second kappa shape index (κ2) is 9.07. The molecule has 0 saturated heterocycles. The summed E-state index contributed by atoms with van der Waals surface area (Å²) in [6.07, 6.45) is -0.674. The highest BCUT2D eigenvalue weighted by atomic mass is 16.6. The maximum absolute atomic E-state index is 12.2. The summed E-state index contributed by atoms with van der Waals surface area (Å²) in [5.41, 5.74) is 2.10. The molecule has 2 aromatic rings. The lowest BCUT2D eigenvalue weighted by Crippen LogP contribution is -2.45. The van der Waals surface area contributed by atoms with Gasteiger partial charge in [-0.3, -0.25) is 10.1 Å². The SMILES string of the molecule is CC(=O)NC[C@H]1CN(Cc2ccccc2)c2cc(NC(=O)OC(C)(C)C)ccc2O1. The Balaban J connectivity index is 1.82. The van der Waals surface area contributed by atoms with E-state index in [4.69, 9.17) is 9.47 Å². The summed E-state index contributed by atoms with van der Waals surface area (Å²) in [7, 11) is 0. The molecule has 7 heteroatoms. The number of ether oxygens (including phenoxy) is 2. The fraction of sp³-hybridized carbons (Fsp3) is 0.391. The lowest BCUT2D eigenvalue weighted by atomic mass is 10.1. The fourth-order valence-corrected chi connectivity index (χ4v) is 3.24. The first-order chi connectivity index (χ1) is 14.2. The van der Waals surface area contributed by atoms with Gasteiger partial charge in [0.25, 0.3) is 0 Å². The van der Waals surface area contributed by atoms with Crippen LogP contribution in [0.5, 0.6) is 5.75 Å². The van der Waals surface area contributed by atoms with Gasteiger partial charge in [0.1, 0.15) is 17.5 Å². The highest BCUT2D eigenvalue weighted by Gasteiger charge is 2.27. The molecule has 0 fully saturated rings. The Hall–Kier alpha value is -3.22. The molecule has 2 amide bonds. The molecular weight excluding hydrogens is 382 g/mol. The van der Waals surface area contributed by atoms with Crippen molar-refractivity contribution in [1.29, 1.82) is 0 Å². The van der Waals surface area contributed by atoms with Gasteiger partial charge in [0, 0.05) is 19.2 Å². The molecule has 0 radical (unpaired) electrons. The first-order valence-corrected chi connectivity index (χ1v) is 10.0. The van der Waals surface area contributed by atoms with Gasteiger partial charge in [0.2, 0.25) is 5.91 Å². The van der Waals surface area contributed by atoms with Crippen LogP contribution in [-0.4, -0.2) is 36.8 Å². The first-order valence-electron chi connectivity index (χ1n) is 10.0. The van der Waals surface area contributed by atoms with Crippen molar-refractivity contribution in [1.82, 2.24) is 5.32 Å². The van der Waals surface area contributed by atoms with Crippen LogP contribution in [0.4, 0.5) is 16.2 Å². The Morgan fingerprint density at radius 2 is 1.90 bits per heavy atom. The summed E-state index contributed by atoms with van der Waals surface area (Å²) in [4.78, 5) is 25.7. The summed E-state index contributed by atoms with van der Waals surface area (Å²) in [6.45, 7) is 8.69. The molecule has 0 aromatic heterocycles. The molecule has 2 N–H and O–H groups in total. The zero-order chi connectivity index (χ0) is 21.7. The van der Waals surface area contributed by atoms with Gasteiger partial charge in [0.05, 0.1) is 18.8 Å². The second-order valence-electron chi connectivity index (χ2n) is 8.35. The summed E-state index contributed by atoms with van der Waals surface area (Å²) in [5.74, 6) is 0.623. The second-order valence-corrected chi connectivity index (χ2v) is 8.35. The quantitative estimate of drug-likeness (QED) is 0.779. The molecule has 0 aliphatic carbocycles. The van der Waals surface area contributed by atoms with Crippen LogP contribution < -0.4 is 20.3 Å². The number of carbonyl (C=O) groups is 2. The van der Waals surface area contributed by atoms with E-state index in [-0.39, 0.29) is 12.0 Å². The van der Waals surface area contributed by atoms with Crippen molar-refractivity contribution in [2.24, 2.45) is 0 Å². The molecule has 0 bridgehead atoms. The van der Waals surface area contributed by atoms with Crippen molar-refractivity contribution >= 4 is 23.4 Å². The van der Waals surface area contributed by atoms with Gasteiger partial charge >= 0.3 is 6.09 Å². The number of hydrogen-bond donors (Lipinski definition) is 2. The molecule has 3 rings (SSSR count). The van der Waals surface area contributed by atoms with Crippen LogP contribution in [0.25, 0.3) is 0 Å². The topological polar surface area (TPSA) is 79.9 Å². The van der Waals surface area contributed by atoms with Gasteiger partial charge in [-0.05, 0) is 44.5 Å². The van der Waals surface area contributed by atoms with Crippen LogP contribution >= 0.6 is 0 Å². The van der Waals surface area contributed by atoms with Crippen molar-refractivity contribution in [3.8, 4) is 5.75 Å². The molecule has 1 heterocycles. The molecule has 0 unspecified atom stereocenters. The molecule has 30 heavy (non-hydrogen) atoms.